The number of esters is 1. The average molecular weight is 426 g/mol. The maximum atomic E-state index is 12.6. The molecule has 2 aliphatic heterocycles. The maximum Gasteiger partial charge on any atom is 0.407 e. The van der Waals surface area contributed by atoms with Gasteiger partial charge in [-0.05, 0) is 32.6 Å². The summed E-state index contributed by atoms with van der Waals surface area (Å²) < 4.78 is 28.8. The van der Waals surface area contributed by atoms with Gasteiger partial charge in [-0.1, -0.05) is 19.3 Å². The molecule has 8 heteroatoms. The molecule has 2 saturated carbocycles. The van der Waals surface area contributed by atoms with Crippen molar-refractivity contribution in [3.63, 3.8) is 0 Å². The molecule has 1 N–H and O–H groups in total. The second kappa shape index (κ2) is 8.63. The lowest BCUT2D eigenvalue weighted by atomic mass is 9.68. The molecule has 0 aromatic carbocycles. The minimum atomic E-state index is -0.445. The third-order valence-electron chi connectivity index (χ3n) is 7.37. The third kappa shape index (κ3) is 4.46. The van der Waals surface area contributed by atoms with Gasteiger partial charge in [0.2, 0.25) is 0 Å². The van der Waals surface area contributed by atoms with Gasteiger partial charge in [0.15, 0.2) is 0 Å². The van der Waals surface area contributed by atoms with Crippen LogP contribution in [0.3, 0.4) is 0 Å². The standard InChI is InChI=1S/C22H35NO7/c1-14(24)27-12-10-17-21(2,30-17)19-18(26-3)16(9-11-22(19)13-28-22)29-20(25)23-15-7-5-4-6-8-15/h15-19H,4-13H2,1-3H3,(H,23,25). The molecule has 2 aliphatic carbocycles. The van der Waals surface area contributed by atoms with E-state index in [0.717, 1.165) is 32.1 Å². The van der Waals surface area contributed by atoms with Crippen LogP contribution in [0.5, 0.6) is 0 Å². The van der Waals surface area contributed by atoms with Gasteiger partial charge >= 0.3 is 12.1 Å². The van der Waals surface area contributed by atoms with Crippen molar-refractivity contribution in [2.75, 3.05) is 20.3 Å². The van der Waals surface area contributed by atoms with E-state index in [9.17, 15) is 9.59 Å². The first-order chi connectivity index (χ1) is 14.4. The van der Waals surface area contributed by atoms with Crippen LogP contribution >= 0.6 is 0 Å². The molecule has 30 heavy (non-hydrogen) atoms. The predicted molar refractivity (Wildman–Crippen MR) is 107 cm³/mol. The summed E-state index contributed by atoms with van der Waals surface area (Å²) in [6.07, 6.45) is 6.71. The fourth-order valence-corrected chi connectivity index (χ4v) is 5.69. The predicted octanol–water partition coefficient (Wildman–Crippen LogP) is 2.72. The number of hydrogen-bond donors (Lipinski definition) is 1. The van der Waals surface area contributed by atoms with Crippen molar-refractivity contribution in [1.29, 1.82) is 0 Å². The Bertz CT molecular complexity index is 645. The topological polar surface area (TPSA) is 98.9 Å². The molecule has 0 aromatic rings. The molecule has 6 unspecified atom stereocenters. The van der Waals surface area contributed by atoms with Gasteiger partial charge in [0.1, 0.15) is 23.4 Å². The highest BCUT2D eigenvalue weighted by Gasteiger charge is 2.72. The summed E-state index contributed by atoms with van der Waals surface area (Å²) in [6, 6.07) is 0.208. The highest BCUT2D eigenvalue weighted by Crippen LogP contribution is 2.59. The smallest absolute Gasteiger partial charge is 0.407 e. The summed E-state index contributed by atoms with van der Waals surface area (Å²) in [7, 11) is 1.66. The number of carbonyl (C=O) groups is 2. The molecule has 0 bridgehead atoms. The molecular formula is C22H35NO7. The van der Waals surface area contributed by atoms with Crippen molar-refractivity contribution in [1.82, 2.24) is 5.32 Å². The van der Waals surface area contributed by atoms with Crippen LogP contribution in [-0.4, -0.2) is 67.9 Å². The molecule has 8 nitrogen and oxygen atoms in total. The number of ether oxygens (including phenoxy) is 5. The Kier molecular flexibility index (Phi) is 6.28. The number of carbonyl (C=O) groups excluding carboxylic acids is 2. The van der Waals surface area contributed by atoms with E-state index in [1.165, 1.54) is 13.3 Å². The number of hydrogen-bond acceptors (Lipinski definition) is 7. The molecular weight excluding hydrogens is 390 g/mol. The van der Waals surface area contributed by atoms with Gasteiger partial charge in [-0.2, -0.15) is 0 Å². The molecule has 170 valence electrons. The van der Waals surface area contributed by atoms with Crippen LogP contribution in [0.25, 0.3) is 0 Å². The summed E-state index contributed by atoms with van der Waals surface area (Å²) in [5, 5.41) is 3.04. The summed E-state index contributed by atoms with van der Waals surface area (Å²) >= 11 is 0. The van der Waals surface area contributed by atoms with Crippen molar-refractivity contribution in [3.8, 4) is 0 Å². The number of rotatable bonds is 7. The van der Waals surface area contributed by atoms with Crippen molar-refractivity contribution in [2.24, 2.45) is 5.92 Å². The number of amides is 1. The van der Waals surface area contributed by atoms with Crippen LogP contribution in [-0.2, 0) is 28.5 Å². The molecule has 0 radical (unpaired) electrons. The molecule has 1 spiro atoms. The third-order valence-corrected chi connectivity index (χ3v) is 7.37. The monoisotopic (exact) mass is 425 g/mol. The van der Waals surface area contributed by atoms with Crippen molar-refractivity contribution < 1.29 is 33.3 Å². The Labute approximate surface area is 178 Å². The van der Waals surface area contributed by atoms with E-state index >= 15 is 0 Å². The van der Waals surface area contributed by atoms with E-state index in [1.54, 1.807) is 7.11 Å². The van der Waals surface area contributed by atoms with Crippen LogP contribution in [0.1, 0.15) is 65.2 Å². The maximum absolute atomic E-state index is 12.6. The molecule has 2 heterocycles. The van der Waals surface area contributed by atoms with Gasteiger partial charge in [-0.3, -0.25) is 4.79 Å². The zero-order valence-corrected chi connectivity index (χ0v) is 18.3. The Morgan fingerprint density at radius 3 is 2.53 bits per heavy atom. The van der Waals surface area contributed by atoms with E-state index < -0.39 is 5.60 Å². The summed E-state index contributed by atoms with van der Waals surface area (Å²) in [5.41, 5.74) is -0.718. The number of alkyl carbamates (subject to hydrolysis) is 1. The van der Waals surface area contributed by atoms with E-state index in [0.29, 0.717) is 26.1 Å². The normalized spacial score (nSPS) is 40.6. The number of nitrogens with one attached hydrogen (secondary N) is 1. The zero-order chi connectivity index (χ0) is 21.4. The van der Waals surface area contributed by atoms with Crippen LogP contribution in [0.4, 0.5) is 4.79 Å². The van der Waals surface area contributed by atoms with Crippen LogP contribution in [0.15, 0.2) is 0 Å². The Morgan fingerprint density at radius 2 is 1.90 bits per heavy atom. The molecule has 0 aromatic heterocycles. The molecule has 4 rings (SSSR count). The second-order valence-electron chi connectivity index (χ2n) is 9.41. The van der Waals surface area contributed by atoms with Gasteiger partial charge in [0, 0.05) is 26.5 Å². The van der Waals surface area contributed by atoms with E-state index in [4.69, 9.17) is 23.7 Å². The second-order valence-corrected chi connectivity index (χ2v) is 9.41. The Hall–Kier alpha value is -1.38. The van der Waals surface area contributed by atoms with E-state index in [-0.39, 0.29) is 47.9 Å². The number of methoxy groups -OCH3 is 1. The molecule has 1 amide bonds. The van der Waals surface area contributed by atoms with Gasteiger partial charge in [-0.15, -0.1) is 0 Å². The SMILES string of the molecule is COC1C(OC(=O)NC2CCCCC2)CCC2(CO2)C1C1(C)OC1CCOC(C)=O. The van der Waals surface area contributed by atoms with Gasteiger partial charge in [0.05, 0.1) is 25.2 Å². The van der Waals surface area contributed by atoms with Crippen molar-refractivity contribution >= 4 is 12.1 Å². The van der Waals surface area contributed by atoms with Crippen LogP contribution < -0.4 is 5.32 Å². The fraction of sp³-hybridized carbons (Fsp3) is 0.909. The molecule has 2 saturated heterocycles. The molecule has 4 aliphatic rings. The largest absolute Gasteiger partial charge is 0.466 e. The van der Waals surface area contributed by atoms with Gasteiger partial charge < -0.3 is 29.0 Å². The van der Waals surface area contributed by atoms with Crippen LogP contribution in [0, 0.1) is 5.92 Å². The Balaban J connectivity index is 1.38. The fourth-order valence-electron chi connectivity index (χ4n) is 5.69. The minimum absolute atomic E-state index is 0.0320. The highest BCUT2D eigenvalue weighted by atomic mass is 16.6. The van der Waals surface area contributed by atoms with Gasteiger partial charge in [0.25, 0.3) is 0 Å². The van der Waals surface area contributed by atoms with Crippen LogP contribution in [0.2, 0.25) is 0 Å². The van der Waals surface area contributed by atoms with Crippen molar-refractivity contribution in [2.45, 2.75) is 101 Å². The zero-order valence-electron chi connectivity index (χ0n) is 18.3. The lowest BCUT2D eigenvalue weighted by molar-refractivity contribution is -0.141. The first-order valence-corrected chi connectivity index (χ1v) is 11.3. The molecule has 4 fully saturated rings. The summed E-state index contributed by atoms with van der Waals surface area (Å²) in [5.74, 6) is -0.331. The first kappa shape index (κ1) is 21.8. The highest BCUT2D eigenvalue weighted by molar-refractivity contribution is 5.68. The summed E-state index contributed by atoms with van der Waals surface area (Å²) in [4.78, 5) is 23.6. The molecule has 6 atom stereocenters. The quantitative estimate of drug-likeness (QED) is 0.495. The summed E-state index contributed by atoms with van der Waals surface area (Å²) in [6.45, 7) is 4.48. The van der Waals surface area contributed by atoms with Crippen molar-refractivity contribution in [3.05, 3.63) is 0 Å². The minimum Gasteiger partial charge on any atom is -0.466 e. The lowest BCUT2D eigenvalue weighted by Crippen LogP contribution is -2.56. The van der Waals surface area contributed by atoms with Gasteiger partial charge in [-0.25, -0.2) is 4.79 Å². The first-order valence-electron chi connectivity index (χ1n) is 11.3. The number of epoxide rings is 2. The lowest BCUT2D eigenvalue weighted by Gasteiger charge is -2.42. The van der Waals surface area contributed by atoms with E-state index in [1.807, 2.05) is 0 Å². The van der Waals surface area contributed by atoms with E-state index in [2.05, 4.69) is 12.2 Å². The average Bonchev–Trinajstić information content (AvgIpc) is 3.62. The Morgan fingerprint density at radius 1 is 1.17 bits per heavy atom.